The second-order valence-electron chi connectivity index (χ2n) is 3.26. The summed E-state index contributed by atoms with van der Waals surface area (Å²) in [6.07, 6.45) is 0. The molecule has 0 radical (unpaired) electrons. The Labute approximate surface area is 88.2 Å². The van der Waals surface area contributed by atoms with E-state index in [-0.39, 0.29) is 6.61 Å². The van der Waals surface area contributed by atoms with Gasteiger partial charge in [-0.15, -0.1) is 0 Å². The molecular formula is C12H12N2O. The molecule has 76 valence electrons. The second kappa shape index (κ2) is 4.11. The molecule has 1 aromatic carbocycles. The van der Waals surface area contributed by atoms with Crippen molar-refractivity contribution in [2.24, 2.45) is 0 Å². The lowest BCUT2D eigenvalue weighted by molar-refractivity contribution is 0.282. The third-order valence-electron chi connectivity index (χ3n) is 2.23. The lowest BCUT2D eigenvalue weighted by atomic mass is 10.0. The van der Waals surface area contributed by atoms with Crippen LogP contribution < -0.4 is 5.73 Å². The molecule has 0 aliphatic rings. The van der Waals surface area contributed by atoms with E-state index in [9.17, 15) is 5.11 Å². The van der Waals surface area contributed by atoms with Gasteiger partial charge in [0.1, 0.15) is 5.82 Å². The van der Waals surface area contributed by atoms with Gasteiger partial charge >= 0.3 is 0 Å². The maximum absolute atomic E-state index is 9.19. The number of rotatable bonds is 2. The van der Waals surface area contributed by atoms with Crippen molar-refractivity contribution >= 4 is 5.82 Å². The Morgan fingerprint density at radius 3 is 2.60 bits per heavy atom. The van der Waals surface area contributed by atoms with Crippen molar-refractivity contribution in [1.29, 1.82) is 0 Å². The number of aliphatic hydroxyl groups excluding tert-OH is 1. The van der Waals surface area contributed by atoms with Gasteiger partial charge in [-0.25, -0.2) is 4.98 Å². The molecule has 0 aliphatic heterocycles. The van der Waals surface area contributed by atoms with E-state index in [1.54, 1.807) is 6.07 Å². The fraction of sp³-hybridized carbons (Fsp3) is 0.0833. The lowest BCUT2D eigenvalue weighted by Gasteiger charge is -2.06. The van der Waals surface area contributed by atoms with Gasteiger partial charge in [-0.1, -0.05) is 30.3 Å². The third-order valence-corrected chi connectivity index (χ3v) is 2.23. The van der Waals surface area contributed by atoms with Crippen LogP contribution in [0.3, 0.4) is 0 Å². The molecule has 0 aliphatic carbocycles. The first-order valence-electron chi connectivity index (χ1n) is 4.73. The average Bonchev–Trinajstić information content (AvgIpc) is 2.29. The summed E-state index contributed by atoms with van der Waals surface area (Å²) in [6.45, 7) is 0.00660. The molecule has 0 atom stereocenters. The fourth-order valence-electron chi connectivity index (χ4n) is 1.51. The van der Waals surface area contributed by atoms with Crippen LogP contribution in [0.15, 0.2) is 42.5 Å². The second-order valence-corrected chi connectivity index (χ2v) is 3.26. The van der Waals surface area contributed by atoms with Crippen LogP contribution in [0.2, 0.25) is 0 Å². The molecule has 0 unspecified atom stereocenters. The number of hydrogen-bond acceptors (Lipinski definition) is 3. The minimum absolute atomic E-state index is 0.00660. The minimum atomic E-state index is 0.00660. The van der Waals surface area contributed by atoms with Crippen molar-refractivity contribution in [2.75, 3.05) is 5.73 Å². The number of benzene rings is 1. The van der Waals surface area contributed by atoms with E-state index in [0.29, 0.717) is 5.82 Å². The monoisotopic (exact) mass is 200 g/mol. The van der Waals surface area contributed by atoms with Crippen LogP contribution in [0.25, 0.3) is 11.3 Å². The van der Waals surface area contributed by atoms with Crippen LogP contribution >= 0.6 is 0 Å². The van der Waals surface area contributed by atoms with Gasteiger partial charge in [0, 0.05) is 5.56 Å². The van der Waals surface area contributed by atoms with E-state index in [4.69, 9.17) is 5.73 Å². The lowest BCUT2D eigenvalue weighted by Crippen LogP contribution is -1.94. The first-order chi connectivity index (χ1) is 7.31. The third kappa shape index (κ3) is 1.97. The first kappa shape index (κ1) is 9.68. The molecule has 3 N–H and O–H groups in total. The number of nitrogen functional groups attached to an aromatic ring is 1. The van der Waals surface area contributed by atoms with Crippen molar-refractivity contribution < 1.29 is 5.11 Å². The Balaban J connectivity index is 2.53. The molecular weight excluding hydrogens is 188 g/mol. The highest BCUT2D eigenvalue weighted by Gasteiger charge is 2.04. The number of nitrogens with two attached hydrogens (primary N) is 1. The maximum Gasteiger partial charge on any atom is 0.124 e. The highest BCUT2D eigenvalue weighted by molar-refractivity contribution is 5.64. The number of aromatic nitrogens is 1. The Morgan fingerprint density at radius 1 is 1.07 bits per heavy atom. The number of hydrogen-bond donors (Lipinski definition) is 2. The molecule has 0 saturated heterocycles. The zero-order valence-electron chi connectivity index (χ0n) is 8.22. The molecule has 0 bridgehead atoms. The van der Waals surface area contributed by atoms with Gasteiger partial charge in [-0.2, -0.15) is 0 Å². The van der Waals surface area contributed by atoms with E-state index in [2.05, 4.69) is 4.98 Å². The first-order valence-corrected chi connectivity index (χ1v) is 4.73. The summed E-state index contributed by atoms with van der Waals surface area (Å²) in [5, 5.41) is 9.19. The van der Waals surface area contributed by atoms with E-state index in [1.165, 1.54) is 0 Å². The standard InChI is InChI=1S/C12H12N2O/c13-12-7-3-6-11(14-12)10-5-2-1-4-9(10)8-15/h1-7,15H,8H2,(H2,13,14). The van der Waals surface area contributed by atoms with Gasteiger partial charge in [-0.05, 0) is 17.7 Å². The molecule has 3 nitrogen and oxygen atoms in total. The highest BCUT2D eigenvalue weighted by Crippen LogP contribution is 2.22. The SMILES string of the molecule is Nc1cccc(-c2ccccc2CO)n1. The number of aliphatic hydroxyl groups is 1. The Hall–Kier alpha value is -1.87. The van der Waals surface area contributed by atoms with Crippen LogP contribution in [0.1, 0.15) is 5.56 Å². The molecule has 0 spiro atoms. The summed E-state index contributed by atoms with van der Waals surface area (Å²) in [5.41, 5.74) is 8.19. The van der Waals surface area contributed by atoms with Crippen molar-refractivity contribution in [1.82, 2.24) is 4.98 Å². The molecule has 15 heavy (non-hydrogen) atoms. The summed E-state index contributed by atoms with van der Waals surface area (Å²) in [5.74, 6) is 0.486. The van der Waals surface area contributed by atoms with Crippen LogP contribution in [0.5, 0.6) is 0 Å². The summed E-state index contributed by atoms with van der Waals surface area (Å²) >= 11 is 0. The van der Waals surface area contributed by atoms with Crippen molar-refractivity contribution in [2.45, 2.75) is 6.61 Å². The summed E-state index contributed by atoms with van der Waals surface area (Å²) < 4.78 is 0. The van der Waals surface area contributed by atoms with Gasteiger partial charge in [0.15, 0.2) is 0 Å². The molecule has 1 heterocycles. The maximum atomic E-state index is 9.19. The van der Waals surface area contributed by atoms with Crippen LogP contribution in [-0.2, 0) is 6.61 Å². The highest BCUT2D eigenvalue weighted by atomic mass is 16.3. The summed E-state index contributed by atoms with van der Waals surface area (Å²) in [4.78, 5) is 4.22. The summed E-state index contributed by atoms with van der Waals surface area (Å²) in [6, 6.07) is 13.1. The smallest absolute Gasteiger partial charge is 0.124 e. The minimum Gasteiger partial charge on any atom is -0.392 e. The molecule has 2 rings (SSSR count). The predicted molar refractivity (Wildman–Crippen MR) is 60.0 cm³/mol. The molecule has 2 aromatic rings. The Morgan fingerprint density at radius 2 is 1.87 bits per heavy atom. The molecule has 3 heteroatoms. The average molecular weight is 200 g/mol. The van der Waals surface area contributed by atoms with Crippen molar-refractivity contribution in [3.8, 4) is 11.3 Å². The normalized spacial score (nSPS) is 10.2. The van der Waals surface area contributed by atoms with E-state index in [1.807, 2.05) is 36.4 Å². The molecule has 1 aromatic heterocycles. The number of anilines is 1. The van der Waals surface area contributed by atoms with Crippen LogP contribution in [0, 0.1) is 0 Å². The predicted octanol–water partition coefficient (Wildman–Crippen LogP) is 1.82. The largest absolute Gasteiger partial charge is 0.392 e. The van der Waals surface area contributed by atoms with E-state index in [0.717, 1.165) is 16.8 Å². The zero-order chi connectivity index (χ0) is 10.7. The molecule has 0 amide bonds. The Kier molecular flexibility index (Phi) is 2.65. The molecule has 0 saturated carbocycles. The number of nitrogens with zero attached hydrogens (tertiary/aromatic N) is 1. The van der Waals surface area contributed by atoms with Gasteiger partial charge in [0.2, 0.25) is 0 Å². The molecule has 0 fully saturated rings. The van der Waals surface area contributed by atoms with Gasteiger partial charge in [-0.3, -0.25) is 0 Å². The zero-order valence-corrected chi connectivity index (χ0v) is 8.22. The summed E-state index contributed by atoms with van der Waals surface area (Å²) in [7, 11) is 0. The quantitative estimate of drug-likeness (QED) is 0.777. The van der Waals surface area contributed by atoms with Gasteiger partial charge in [0.25, 0.3) is 0 Å². The van der Waals surface area contributed by atoms with Crippen molar-refractivity contribution in [3.63, 3.8) is 0 Å². The van der Waals surface area contributed by atoms with E-state index >= 15 is 0 Å². The van der Waals surface area contributed by atoms with Crippen LogP contribution in [0.4, 0.5) is 5.82 Å². The van der Waals surface area contributed by atoms with E-state index < -0.39 is 0 Å². The van der Waals surface area contributed by atoms with Crippen LogP contribution in [-0.4, -0.2) is 10.1 Å². The number of pyridine rings is 1. The van der Waals surface area contributed by atoms with Gasteiger partial charge in [0.05, 0.1) is 12.3 Å². The fourth-order valence-corrected chi connectivity index (χ4v) is 1.51. The van der Waals surface area contributed by atoms with Crippen molar-refractivity contribution in [3.05, 3.63) is 48.0 Å². The Bertz CT molecular complexity index is 469. The van der Waals surface area contributed by atoms with Gasteiger partial charge < -0.3 is 10.8 Å². The topological polar surface area (TPSA) is 59.1 Å².